The van der Waals surface area contributed by atoms with Gasteiger partial charge < -0.3 is 10.0 Å². The van der Waals surface area contributed by atoms with E-state index < -0.39 is 12.0 Å². The zero-order valence-electron chi connectivity index (χ0n) is 18.7. The van der Waals surface area contributed by atoms with Gasteiger partial charge in [-0.3, -0.25) is 4.79 Å². The number of rotatable bonds is 10. The molecule has 168 valence electrons. The van der Waals surface area contributed by atoms with Gasteiger partial charge in [-0.1, -0.05) is 75.7 Å². The minimum absolute atomic E-state index is 0.144. The van der Waals surface area contributed by atoms with Crippen molar-refractivity contribution in [3.63, 3.8) is 0 Å². The van der Waals surface area contributed by atoms with Gasteiger partial charge in [0.05, 0.1) is 0 Å². The first-order valence-electron chi connectivity index (χ1n) is 10.9. The molecular weight excluding hydrogens is 406 g/mol. The van der Waals surface area contributed by atoms with Gasteiger partial charge in [-0.15, -0.1) is 10.2 Å². The summed E-state index contributed by atoms with van der Waals surface area (Å²) in [4.78, 5) is 26.7. The predicted molar refractivity (Wildman–Crippen MR) is 121 cm³/mol. The molecule has 0 unspecified atom stereocenters. The number of hydrogen-bond donors (Lipinski definition) is 2. The number of hydrogen-bond acceptors (Lipinski definition) is 5. The van der Waals surface area contributed by atoms with Crippen LogP contribution in [0.25, 0.3) is 22.5 Å². The number of amides is 1. The van der Waals surface area contributed by atoms with Crippen molar-refractivity contribution in [3.05, 3.63) is 54.1 Å². The number of carboxylic acids is 1. The minimum atomic E-state index is -0.991. The van der Waals surface area contributed by atoms with Gasteiger partial charge in [-0.2, -0.15) is 5.21 Å². The van der Waals surface area contributed by atoms with E-state index in [9.17, 15) is 14.7 Å². The average molecular weight is 436 g/mol. The Labute approximate surface area is 187 Å². The summed E-state index contributed by atoms with van der Waals surface area (Å²) in [6.07, 6.45) is 1.92. The molecule has 32 heavy (non-hydrogen) atoms. The standard InChI is InChI=1S/C24H29N5O3/c1-4-5-14-21(30)29(22(16(2)3)24(31)32)15-17-10-6-7-11-18(17)19-12-8-9-13-20(19)23-25-27-28-26-23/h6-13,16,22H,4-5,14-15H2,1-3H3,(H,31,32)(H,25,26,27,28)/t22-/m0/s1. The van der Waals surface area contributed by atoms with E-state index >= 15 is 0 Å². The number of aromatic amines is 1. The van der Waals surface area contributed by atoms with Crippen LogP contribution in [-0.2, 0) is 16.1 Å². The Morgan fingerprint density at radius 3 is 2.28 bits per heavy atom. The molecule has 8 nitrogen and oxygen atoms in total. The van der Waals surface area contributed by atoms with E-state index in [1.165, 1.54) is 4.90 Å². The van der Waals surface area contributed by atoms with Gasteiger partial charge in [0, 0.05) is 18.5 Å². The van der Waals surface area contributed by atoms with Crippen LogP contribution in [0, 0.1) is 5.92 Å². The summed E-state index contributed by atoms with van der Waals surface area (Å²) in [5, 5.41) is 24.3. The number of nitrogens with zero attached hydrogens (tertiary/aromatic N) is 4. The third-order valence-electron chi connectivity index (χ3n) is 5.45. The number of carbonyl (C=O) groups excluding carboxylic acids is 1. The molecule has 0 radical (unpaired) electrons. The van der Waals surface area contributed by atoms with E-state index in [2.05, 4.69) is 20.6 Å². The van der Waals surface area contributed by atoms with Crippen LogP contribution in [0.1, 0.15) is 45.6 Å². The second kappa shape index (κ2) is 10.7. The highest BCUT2D eigenvalue weighted by atomic mass is 16.4. The molecule has 0 fully saturated rings. The van der Waals surface area contributed by atoms with Crippen LogP contribution in [0.3, 0.4) is 0 Å². The van der Waals surface area contributed by atoms with Crippen LogP contribution in [0.4, 0.5) is 0 Å². The second-order valence-corrected chi connectivity index (χ2v) is 8.09. The van der Waals surface area contributed by atoms with Crippen molar-refractivity contribution in [2.45, 2.75) is 52.6 Å². The molecule has 2 N–H and O–H groups in total. The quantitative estimate of drug-likeness (QED) is 0.494. The first-order chi connectivity index (χ1) is 15.4. The normalized spacial score (nSPS) is 12.0. The number of aromatic nitrogens is 4. The molecule has 3 rings (SSSR count). The molecule has 1 heterocycles. The largest absolute Gasteiger partial charge is 0.480 e. The third kappa shape index (κ3) is 5.19. The smallest absolute Gasteiger partial charge is 0.326 e. The van der Waals surface area contributed by atoms with Crippen LogP contribution in [0.5, 0.6) is 0 Å². The van der Waals surface area contributed by atoms with Crippen molar-refractivity contribution in [1.29, 1.82) is 0 Å². The maximum Gasteiger partial charge on any atom is 0.326 e. The Kier molecular flexibility index (Phi) is 7.70. The zero-order valence-corrected chi connectivity index (χ0v) is 18.7. The van der Waals surface area contributed by atoms with Crippen LogP contribution in [0.15, 0.2) is 48.5 Å². The molecule has 0 spiro atoms. The molecule has 1 atom stereocenters. The lowest BCUT2D eigenvalue weighted by Gasteiger charge is -2.32. The van der Waals surface area contributed by atoms with E-state index in [0.717, 1.165) is 35.1 Å². The van der Waals surface area contributed by atoms with Crippen molar-refractivity contribution in [3.8, 4) is 22.5 Å². The lowest BCUT2D eigenvalue weighted by molar-refractivity contribution is -0.153. The number of carboxylic acid groups (broad SMARTS) is 1. The SMILES string of the molecule is CCCCC(=O)N(Cc1ccccc1-c1ccccc1-c1nn[nH]n1)[C@H](C(=O)O)C(C)C. The predicted octanol–water partition coefficient (Wildman–Crippen LogP) is 4.16. The fourth-order valence-corrected chi connectivity index (χ4v) is 3.88. The summed E-state index contributed by atoms with van der Waals surface area (Å²) in [6, 6.07) is 14.5. The molecule has 0 saturated carbocycles. The van der Waals surface area contributed by atoms with Crippen LogP contribution in [-0.4, -0.2) is 48.5 Å². The topological polar surface area (TPSA) is 112 Å². The molecule has 1 aromatic heterocycles. The monoisotopic (exact) mass is 435 g/mol. The highest BCUT2D eigenvalue weighted by molar-refractivity contribution is 5.85. The Morgan fingerprint density at radius 1 is 1.03 bits per heavy atom. The molecule has 1 amide bonds. The lowest BCUT2D eigenvalue weighted by Crippen LogP contribution is -2.47. The summed E-state index contributed by atoms with van der Waals surface area (Å²) in [7, 11) is 0. The fraction of sp³-hybridized carbons (Fsp3) is 0.375. The summed E-state index contributed by atoms with van der Waals surface area (Å²) in [6.45, 7) is 5.88. The highest BCUT2D eigenvalue weighted by Gasteiger charge is 2.32. The molecule has 0 aliphatic carbocycles. The molecule has 3 aromatic rings. The highest BCUT2D eigenvalue weighted by Crippen LogP contribution is 2.33. The summed E-state index contributed by atoms with van der Waals surface area (Å²) < 4.78 is 0. The first kappa shape index (κ1) is 23.1. The number of carbonyl (C=O) groups is 2. The van der Waals surface area contributed by atoms with E-state index in [4.69, 9.17) is 0 Å². The first-order valence-corrected chi connectivity index (χ1v) is 10.9. The van der Waals surface area contributed by atoms with Gasteiger partial charge in [-0.25, -0.2) is 4.79 Å². The summed E-state index contributed by atoms with van der Waals surface area (Å²) in [5.41, 5.74) is 3.45. The molecule has 8 heteroatoms. The van der Waals surface area contributed by atoms with Gasteiger partial charge in [0.15, 0.2) is 0 Å². The minimum Gasteiger partial charge on any atom is -0.480 e. The van der Waals surface area contributed by atoms with Crippen LogP contribution in [0.2, 0.25) is 0 Å². The number of benzene rings is 2. The van der Waals surface area contributed by atoms with Crippen molar-refractivity contribution < 1.29 is 14.7 Å². The Balaban J connectivity index is 2.05. The van der Waals surface area contributed by atoms with Crippen molar-refractivity contribution in [2.24, 2.45) is 5.92 Å². The number of unbranched alkanes of at least 4 members (excludes halogenated alkanes) is 1. The molecule has 0 bridgehead atoms. The van der Waals surface area contributed by atoms with Gasteiger partial charge in [-0.05, 0) is 34.2 Å². The molecule has 0 aliphatic heterocycles. The van der Waals surface area contributed by atoms with E-state index in [0.29, 0.717) is 12.2 Å². The Morgan fingerprint density at radius 2 is 1.69 bits per heavy atom. The van der Waals surface area contributed by atoms with E-state index in [-0.39, 0.29) is 18.4 Å². The fourth-order valence-electron chi connectivity index (χ4n) is 3.88. The van der Waals surface area contributed by atoms with Crippen molar-refractivity contribution in [2.75, 3.05) is 0 Å². The van der Waals surface area contributed by atoms with E-state index in [1.54, 1.807) is 0 Å². The van der Waals surface area contributed by atoms with Gasteiger partial charge >= 0.3 is 5.97 Å². The van der Waals surface area contributed by atoms with Crippen LogP contribution < -0.4 is 0 Å². The summed E-state index contributed by atoms with van der Waals surface area (Å²) in [5.74, 6) is -0.891. The molecule has 0 aliphatic rings. The van der Waals surface area contributed by atoms with Crippen molar-refractivity contribution >= 4 is 11.9 Å². The average Bonchev–Trinajstić information content (AvgIpc) is 3.31. The Hall–Kier alpha value is -3.55. The number of aliphatic carboxylic acids is 1. The lowest BCUT2D eigenvalue weighted by atomic mass is 9.93. The zero-order chi connectivity index (χ0) is 23.1. The van der Waals surface area contributed by atoms with E-state index in [1.807, 2.05) is 69.3 Å². The van der Waals surface area contributed by atoms with Gasteiger partial charge in [0.1, 0.15) is 6.04 Å². The Bertz CT molecular complexity index is 1050. The molecule has 0 saturated heterocycles. The number of tetrazole rings is 1. The van der Waals surface area contributed by atoms with Gasteiger partial charge in [0.25, 0.3) is 0 Å². The molecular formula is C24H29N5O3. The van der Waals surface area contributed by atoms with Gasteiger partial charge in [0.2, 0.25) is 11.7 Å². The molecule has 2 aromatic carbocycles. The second-order valence-electron chi connectivity index (χ2n) is 8.09. The third-order valence-corrected chi connectivity index (χ3v) is 5.45. The van der Waals surface area contributed by atoms with Crippen LogP contribution >= 0.6 is 0 Å². The maximum atomic E-state index is 13.1. The number of H-pyrrole nitrogens is 1. The maximum absolute atomic E-state index is 13.1. The summed E-state index contributed by atoms with van der Waals surface area (Å²) >= 11 is 0. The van der Waals surface area contributed by atoms with Crippen molar-refractivity contribution in [1.82, 2.24) is 25.5 Å². The number of nitrogens with one attached hydrogen (secondary N) is 1.